The van der Waals surface area contributed by atoms with Crippen molar-refractivity contribution in [2.75, 3.05) is 0 Å². The summed E-state index contributed by atoms with van der Waals surface area (Å²) >= 11 is 0. The quantitative estimate of drug-likeness (QED) is 0.532. The molecule has 0 aliphatic heterocycles. The standard InChI is InChI=1S/C9H18O4/c1-5-6-7(8(10)11)12-13-9(2,3)4/h7H,5-6H2,1-4H3,(H,10,11). The second-order valence-corrected chi connectivity index (χ2v) is 3.91. The maximum absolute atomic E-state index is 10.6. The van der Waals surface area contributed by atoms with Crippen molar-refractivity contribution in [1.82, 2.24) is 0 Å². The molecule has 0 spiro atoms. The van der Waals surface area contributed by atoms with Crippen molar-refractivity contribution in [3.8, 4) is 0 Å². The molecule has 0 amide bonds. The Labute approximate surface area is 78.8 Å². The van der Waals surface area contributed by atoms with Crippen molar-refractivity contribution in [3.63, 3.8) is 0 Å². The zero-order chi connectivity index (χ0) is 10.5. The number of aliphatic carboxylic acids is 1. The fourth-order valence-corrected chi connectivity index (χ4v) is 0.677. The van der Waals surface area contributed by atoms with Crippen LogP contribution in [-0.4, -0.2) is 22.8 Å². The first kappa shape index (κ1) is 12.4. The summed E-state index contributed by atoms with van der Waals surface area (Å²) in [5.41, 5.74) is -0.471. The molecule has 0 aliphatic carbocycles. The van der Waals surface area contributed by atoms with E-state index in [1.54, 1.807) is 20.8 Å². The Morgan fingerprint density at radius 3 is 2.31 bits per heavy atom. The summed E-state index contributed by atoms with van der Waals surface area (Å²) in [7, 11) is 0. The van der Waals surface area contributed by atoms with Crippen LogP contribution in [-0.2, 0) is 14.6 Å². The first-order valence-corrected chi connectivity index (χ1v) is 4.44. The minimum atomic E-state index is -0.980. The fraction of sp³-hybridized carbons (Fsp3) is 0.889. The highest BCUT2D eigenvalue weighted by atomic mass is 17.2. The van der Waals surface area contributed by atoms with Crippen LogP contribution in [0.25, 0.3) is 0 Å². The lowest BCUT2D eigenvalue weighted by atomic mass is 10.2. The van der Waals surface area contributed by atoms with Crippen LogP contribution in [0.5, 0.6) is 0 Å². The molecule has 0 bridgehead atoms. The number of hydrogen-bond donors (Lipinski definition) is 1. The van der Waals surface area contributed by atoms with Crippen LogP contribution >= 0.6 is 0 Å². The number of hydrogen-bond acceptors (Lipinski definition) is 3. The Bertz CT molecular complexity index is 159. The van der Waals surface area contributed by atoms with Crippen molar-refractivity contribution in [2.24, 2.45) is 0 Å². The van der Waals surface area contributed by atoms with E-state index in [0.29, 0.717) is 6.42 Å². The molecule has 1 N–H and O–H groups in total. The van der Waals surface area contributed by atoms with Crippen LogP contribution in [0.3, 0.4) is 0 Å². The lowest BCUT2D eigenvalue weighted by Gasteiger charge is -2.20. The van der Waals surface area contributed by atoms with Crippen molar-refractivity contribution in [2.45, 2.75) is 52.2 Å². The Hall–Kier alpha value is -0.610. The maximum Gasteiger partial charge on any atom is 0.336 e. The molecule has 4 nitrogen and oxygen atoms in total. The van der Waals surface area contributed by atoms with Gasteiger partial charge >= 0.3 is 5.97 Å². The molecular weight excluding hydrogens is 172 g/mol. The van der Waals surface area contributed by atoms with E-state index < -0.39 is 17.7 Å². The van der Waals surface area contributed by atoms with Crippen molar-refractivity contribution in [1.29, 1.82) is 0 Å². The van der Waals surface area contributed by atoms with E-state index in [0.717, 1.165) is 6.42 Å². The van der Waals surface area contributed by atoms with Crippen molar-refractivity contribution >= 4 is 5.97 Å². The molecule has 13 heavy (non-hydrogen) atoms. The van der Waals surface area contributed by atoms with Crippen LogP contribution in [0.2, 0.25) is 0 Å². The minimum absolute atomic E-state index is 0.464. The molecule has 1 atom stereocenters. The van der Waals surface area contributed by atoms with Gasteiger partial charge in [0, 0.05) is 0 Å². The van der Waals surface area contributed by atoms with Crippen LogP contribution < -0.4 is 0 Å². The van der Waals surface area contributed by atoms with Crippen LogP contribution in [0.15, 0.2) is 0 Å². The molecule has 0 radical (unpaired) electrons. The topological polar surface area (TPSA) is 55.8 Å². The SMILES string of the molecule is CCCC(OOC(C)(C)C)C(=O)O. The number of carbonyl (C=O) groups is 1. The van der Waals surface area contributed by atoms with Gasteiger partial charge in [0.2, 0.25) is 0 Å². The van der Waals surface area contributed by atoms with Crippen molar-refractivity contribution in [3.05, 3.63) is 0 Å². The Morgan fingerprint density at radius 1 is 1.46 bits per heavy atom. The molecule has 78 valence electrons. The monoisotopic (exact) mass is 190 g/mol. The summed E-state index contributed by atoms with van der Waals surface area (Å²) in [5.74, 6) is -0.980. The first-order valence-electron chi connectivity index (χ1n) is 4.44. The van der Waals surface area contributed by atoms with Gasteiger partial charge in [-0.1, -0.05) is 13.3 Å². The summed E-state index contributed by atoms with van der Waals surface area (Å²) in [6.45, 7) is 7.31. The summed E-state index contributed by atoms with van der Waals surface area (Å²) in [6, 6.07) is 0. The normalized spacial score (nSPS) is 14.2. The molecule has 4 heteroatoms. The molecule has 0 heterocycles. The molecule has 0 aliphatic rings. The lowest BCUT2D eigenvalue weighted by Crippen LogP contribution is -2.29. The van der Waals surface area contributed by atoms with E-state index in [-0.39, 0.29) is 0 Å². The molecule has 0 rings (SSSR count). The third-order valence-electron chi connectivity index (χ3n) is 1.24. The average molecular weight is 190 g/mol. The van der Waals surface area contributed by atoms with Crippen LogP contribution in [0.1, 0.15) is 40.5 Å². The Morgan fingerprint density at radius 2 is 2.00 bits per heavy atom. The highest BCUT2D eigenvalue weighted by molar-refractivity contribution is 5.72. The van der Waals surface area contributed by atoms with E-state index in [1.165, 1.54) is 0 Å². The Balaban J connectivity index is 3.90. The van der Waals surface area contributed by atoms with E-state index in [4.69, 9.17) is 14.9 Å². The summed E-state index contributed by atoms with van der Waals surface area (Å²) in [6.07, 6.45) is 0.361. The van der Waals surface area contributed by atoms with Crippen LogP contribution in [0.4, 0.5) is 0 Å². The summed E-state index contributed by atoms with van der Waals surface area (Å²) in [5, 5.41) is 8.70. The molecule has 0 aromatic carbocycles. The largest absolute Gasteiger partial charge is 0.479 e. The summed E-state index contributed by atoms with van der Waals surface area (Å²) < 4.78 is 0. The van der Waals surface area contributed by atoms with Gasteiger partial charge in [-0.3, -0.25) is 0 Å². The van der Waals surface area contributed by atoms with Gasteiger partial charge in [-0.05, 0) is 27.2 Å². The third kappa shape index (κ3) is 6.54. The number of carboxylic acids is 1. The van der Waals surface area contributed by atoms with Crippen molar-refractivity contribution < 1.29 is 19.7 Å². The van der Waals surface area contributed by atoms with Crippen LogP contribution in [0, 0.1) is 0 Å². The van der Waals surface area contributed by atoms with E-state index in [1.807, 2.05) is 6.92 Å². The highest BCUT2D eigenvalue weighted by Gasteiger charge is 2.21. The van der Waals surface area contributed by atoms with Gasteiger partial charge in [-0.15, -0.1) is 0 Å². The van der Waals surface area contributed by atoms with Gasteiger partial charge < -0.3 is 5.11 Å². The zero-order valence-corrected chi connectivity index (χ0v) is 8.66. The molecule has 0 fully saturated rings. The third-order valence-corrected chi connectivity index (χ3v) is 1.24. The smallest absolute Gasteiger partial charge is 0.336 e. The molecule has 1 unspecified atom stereocenters. The second-order valence-electron chi connectivity index (χ2n) is 3.91. The van der Waals surface area contributed by atoms with Gasteiger partial charge in [0.25, 0.3) is 0 Å². The van der Waals surface area contributed by atoms with Gasteiger partial charge in [0.15, 0.2) is 6.10 Å². The van der Waals surface area contributed by atoms with Gasteiger partial charge in [-0.2, -0.15) is 0 Å². The predicted octanol–water partition coefficient (Wildman–Crippen LogP) is 1.99. The Kier molecular flexibility index (Phi) is 4.95. The molecule has 0 aromatic rings. The molecule has 0 saturated carbocycles. The molecular formula is C9H18O4. The predicted molar refractivity (Wildman–Crippen MR) is 48.3 cm³/mol. The first-order chi connectivity index (χ1) is 5.87. The van der Waals surface area contributed by atoms with E-state index in [2.05, 4.69) is 0 Å². The average Bonchev–Trinajstić information content (AvgIpc) is 1.95. The van der Waals surface area contributed by atoms with Gasteiger partial charge in [0.1, 0.15) is 0 Å². The molecule has 0 aromatic heterocycles. The summed E-state index contributed by atoms with van der Waals surface area (Å²) in [4.78, 5) is 20.3. The second kappa shape index (κ2) is 5.19. The van der Waals surface area contributed by atoms with Gasteiger partial charge in [0.05, 0.1) is 5.60 Å². The number of rotatable bonds is 5. The minimum Gasteiger partial charge on any atom is -0.479 e. The van der Waals surface area contributed by atoms with E-state index >= 15 is 0 Å². The highest BCUT2D eigenvalue weighted by Crippen LogP contribution is 2.11. The van der Waals surface area contributed by atoms with Gasteiger partial charge in [-0.25, -0.2) is 14.6 Å². The van der Waals surface area contributed by atoms with E-state index in [9.17, 15) is 4.79 Å². The zero-order valence-electron chi connectivity index (χ0n) is 8.66. The number of carboxylic acid groups (broad SMARTS) is 1. The molecule has 0 saturated heterocycles. The maximum atomic E-state index is 10.6. The fourth-order valence-electron chi connectivity index (χ4n) is 0.677. The lowest BCUT2D eigenvalue weighted by molar-refractivity contribution is -0.368.